The molecule has 1 fully saturated rings. The Morgan fingerprint density at radius 2 is 1.93 bits per heavy atom. The minimum Gasteiger partial charge on any atom is -0.337 e. The van der Waals surface area contributed by atoms with Crippen molar-refractivity contribution < 1.29 is 4.79 Å². The highest BCUT2D eigenvalue weighted by Crippen LogP contribution is 2.29. The Kier molecular flexibility index (Phi) is 4.09. The van der Waals surface area contributed by atoms with Crippen LogP contribution in [0.25, 0.3) is 10.8 Å². The van der Waals surface area contributed by atoms with Crippen LogP contribution in [0.1, 0.15) is 40.9 Å². The molecule has 0 unspecified atom stereocenters. The van der Waals surface area contributed by atoms with Crippen LogP contribution in [0.3, 0.4) is 0 Å². The Morgan fingerprint density at radius 1 is 1.07 bits per heavy atom. The van der Waals surface area contributed by atoms with Crippen molar-refractivity contribution >= 4 is 16.7 Å². The summed E-state index contributed by atoms with van der Waals surface area (Å²) in [5.41, 5.74) is 0.553. The summed E-state index contributed by atoms with van der Waals surface area (Å²) in [7, 11) is 0. The van der Waals surface area contributed by atoms with Crippen LogP contribution in [0.2, 0.25) is 0 Å². The average molecular weight is 362 g/mol. The molecule has 138 valence electrons. The van der Waals surface area contributed by atoms with Crippen molar-refractivity contribution in [3.63, 3.8) is 0 Å². The van der Waals surface area contributed by atoms with Crippen LogP contribution < -0.4 is 5.32 Å². The van der Waals surface area contributed by atoms with Gasteiger partial charge in [-0.05, 0) is 24.3 Å². The minimum absolute atomic E-state index is 0.0257. The van der Waals surface area contributed by atoms with Gasteiger partial charge < -0.3 is 14.8 Å². The minimum atomic E-state index is 0.0257. The molecular formula is C20H22N6O. The van der Waals surface area contributed by atoms with Gasteiger partial charge in [-0.2, -0.15) is 0 Å². The molecule has 2 aliphatic heterocycles. The molecular weight excluding hydrogens is 340 g/mol. The zero-order valence-electron chi connectivity index (χ0n) is 15.1. The third-order valence-electron chi connectivity index (χ3n) is 5.67. The van der Waals surface area contributed by atoms with Gasteiger partial charge >= 0.3 is 0 Å². The summed E-state index contributed by atoms with van der Waals surface area (Å²) in [6.07, 6.45) is 3.56. The van der Waals surface area contributed by atoms with Crippen LogP contribution in [0.4, 0.5) is 0 Å². The Balaban J connectivity index is 1.33. The number of fused-ring (bicyclic) bond motifs is 2. The Morgan fingerprint density at radius 3 is 2.81 bits per heavy atom. The number of hydrogen-bond donors (Lipinski definition) is 1. The monoisotopic (exact) mass is 362 g/mol. The Bertz CT molecular complexity index is 984. The lowest BCUT2D eigenvalue weighted by Gasteiger charge is -2.32. The molecule has 1 saturated heterocycles. The van der Waals surface area contributed by atoms with Gasteiger partial charge in [-0.1, -0.05) is 24.3 Å². The van der Waals surface area contributed by atoms with Gasteiger partial charge in [0.05, 0.1) is 6.54 Å². The molecule has 0 aliphatic carbocycles. The van der Waals surface area contributed by atoms with Crippen molar-refractivity contribution in [2.24, 2.45) is 0 Å². The SMILES string of the molecule is O=C(c1nccc2ccccc12)N1CCC(c2nnc3n2CCNC3)CC1. The number of rotatable bonds is 2. The van der Waals surface area contributed by atoms with E-state index in [0.29, 0.717) is 11.6 Å². The third kappa shape index (κ3) is 2.88. The van der Waals surface area contributed by atoms with Crippen molar-refractivity contribution in [1.82, 2.24) is 30.0 Å². The number of carbonyl (C=O) groups is 1. The number of nitrogens with one attached hydrogen (secondary N) is 1. The van der Waals surface area contributed by atoms with Gasteiger partial charge in [0.15, 0.2) is 0 Å². The van der Waals surface area contributed by atoms with Gasteiger partial charge in [-0.15, -0.1) is 10.2 Å². The topological polar surface area (TPSA) is 75.9 Å². The van der Waals surface area contributed by atoms with E-state index in [1.807, 2.05) is 35.2 Å². The van der Waals surface area contributed by atoms with Crippen LogP contribution in [-0.4, -0.2) is 50.2 Å². The lowest BCUT2D eigenvalue weighted by Crippen LogP contribution is -2.39. The molecule has 0 atom stereocenters. The highest BCUT2D eigenvalue weighted by atomic mass is 16.2. The molecule has 0 spiro atoms. The van der Waals surface area contributed by atoms with E-state index in [2.05, 4.69) is 25.1 Å². The van der Waals surface area contributed by atoms with E-state index in [9.17, 15) is 4.79 Å². The molecule has 7 nitrogen and oxygen atoms in total. The number of piperidine rings is 1. The fourth-order valence-corrected chi connectivity index (χ4v) is 4.20. The fraction of sp³-hybridized carbons (Fsp3) is 0.400. The number of benzene rings is 1. The largest absolute Gasteiger partial charge is 0.337 e. The van der Waals surface area contributed by atoms with Crippen LogP contribution in [0.15, 0.2) is 36.5 Å². The van der Waals surface area contributed by atoms with Crippen molar-refractivity contribution in [2.75, 3.05) is 19.6 Å². The van der Waals surface area contributed by atoms with Crippen molar-refractivity contribution in [1.29, 1.82) is 0 Å². The fourth-order valence-electron chi connectivity index (χ4n) is 4.20. The number of pyridine rings is 1. The smallest absolute Gasteiger partial charge is 0.273 e. The van der Waals surface area contributed by atoms with Crippen LogP contribution in [0, 0.1) is 0 Å². The standard InChI is InChI=1S/C20H22N6O/c27-20(18-16-4-2-1-3-14(16)5-8-22-18)25-10-6-15(7-11-25)19-24-23-17-13-21-9-12-26(17)19/h1-5,8,15,21H,6-7,9-13H2. The molecule has 0 saturated carbocycles. The summed E-state index contributed by atoms with van der Waals surface area (Å²) in [5.74, 6) is 2.50. The average Bonchev–Trinajstić information content (AvgIpc) is 3.17. The second-order valence-electron chi connectivity index (χ2n) is 7.25. The summed E-state index contributed by atoms with van der Waals surface area (Å²) < 4.78 is 2.25. The van der Waals surface area contributed by atoms with Crippen LogP contribution in [0.5, 0.6) is 0 Å². The van der Waals surface area contributed by atoms with Crippen molar-refractivity contribution in [3.05, 3.63) is 53.9 Å². The van der Waals surface area contributed by atoms with E-state index in [0.717, 1.165) is 68.0 Å². The van der Waals surface area contributed by atoms with Gasteiger partial charge in [0.2, 0.25) is 0 Å². The summed E-state index contributed by atoms with van der Waals surface area (Å²) >= 11 is 0. The Hall–Kier alpha value is -2.80. The number of hydrogen-bond acceptors (Lipinski definition) is 5. The highest BCUT2D eigenvalue weighted by Gasteiger charge is 2.30. The van der Waals surface area contributed by atoms with Crippen LogP contribution in [-0.2, 0) is 13.1 Å². The molecule has 3 aromatic rings. The second-order valence-corrected chi connectivity index (χ2v) is 7.25. The van der Waals surface area contributed by atoms with E-state index < -0.39 is 0 Å². The summed E-state index contributed by atoms with van der Waals surface area (Å²) in [5, 5.41) is 14.1. The van der Waals surface area contributed by atoms with Gasteiger partial charge in [0.1, 0.15) is 17.3 Å². The maximum Gasteiger partial charge on any atom is 0.273 e. The summed E-state index contributed by atoms with van der Waals surface area (Å²) in [4.78, 5) is 19.4. The maximum absolute atomic E-state index is 13.1. The molecule has 1 N–H and O–H groups in total. The number of likely N-dealkylation sites (tertiary alicyclic amines) is 1. The first-order valence-corrected chi connectivity index (χ1v) is 9.57. The Labute approximate surface area is 157 Å². The zero-order valence-corrected chi connectivity index (χ0v) is 15.1. The van der Waals surface area contributed by atoms with Crippen LogP contribution >= 0.6 is 0 Å². The molecule has 4 heterocycles. The van der Waals surface area contributed by atoms with E-state index in [1.54, 1.807) is 6.20 Å². The van der Waals surface area contributed by atoms with Gasteiger partial charge in [-0.3, -0.25) is 9.78 Å². The molecule has 0 bridgehead atoms. The third-order valence-corrected chi connectivity index (χ3v) is 5.67. The molecule has 5 rings (SSSR count). The molecule has 2 aliphatic rings. The molecule has 1 amide bonds. The van der Waals surface area contributed by atoms with Gasteiger partial charge in [-0.25, -0.2) is 0 Å². The van der Waals surface area contributed by atoms with E-state index in [-0.39, 0.29) is 5.91 Å². The van der Waals surface area contributed by atoms with E-state index >= 15 is 0 Å². The number of aromatic nitrogens is 4. The molecule has 1 aromatic carbocycles. The maximum atomic E-state index is 13.1. The first-order chi connectivity index (χ1) is 13.3. The zero-order chi connectivity index (χ0) is 18.2. The lowest BCUT2D eigenvalue weighted by molar-refractivity contribution is 0.0706. The first-order valence-electron chi connectivity index (χ1n) is 9.57. The lowest BCUT2D eigenvalue weighted by atomic mass is 9.95. The molecule has 2 aromatic heterocycles. The van der Waals surface area contributed by atoms with E-state index in [4.69, 9.17) is 0 Å². The quantitative estimate of drug-likeness (QED) is 0.754. The number of nitrogens with zero attached hydrogens (tertiary/aromatic N) is 5. The predicted molar refractivity (Wildman–Crippen MR) is 101 cm³/mol. The predicted octanol–water partition coefficient (Wildman–Crippen LogP) is 1.95. The van der Waals surface area contributed by atoms with Gasteiger partial charge in [0.25, 0.3) is 5.91 Å². The van der Waals surface area contributed by atoms with Crippen molar-refractivity contribution in [3.8, 4) is 0 Å². The van der Waals surface area contributed by atoms with Crippen molar-refractivity contribution in [2.45, 2.75) is 31.8 Å². The molecule has 0 radical (unpaired) electrons. The normalized spacial score (nSPS) is 17.9. The number of amides is 1. The molecule has 7 heteroatoms. The van der Waals surface area contributed by atoms with E-state index in [1.165, 1.54) is 0 Å². The summed E-state index contributed by atoms with van der Waals surface area (Å²) in [6.45, 7) is 4.14. The second kappa shape index (κ2) is 6.74. The van der Waals surface area contributed by atoms with Gasteiger partial charge in [0, 0.05) is 43.7 Å². The highest BCUT2D eigenvalue weighted by molar-refractivity contribution is 6.05. The summed E-state index contributed by atoms with van der Waals surface area (Å²) in [6, 6.07) is 9.87. The molecule has 27 heavy (non-hydrogen) atoms. The first kappa shape index (κ1) is 16.4. The number of carbonyl (C=O) groups excluding carboxylic acids is 1.